The summed E-state index contributed by atoms with van der Waals surface area (Å²) in [5.74, 6) is 1.25. The molecule has 0 radical (unpaired) electrons. The molecule has 0 aliphatic carbocycles. The van der Waals surface area contributed by atoms with E-state index in [-0.39, 0.29) is 18.6 Å². The van der Waals surface area contributed by atoms with E-state index in [0.29, 0.717) is 24.8 Å². The molecule has 3 atom stereocenters. The highest BCUT2D eigenvalue weighted by Crippen LogP contribution is 2.30. The Hall–Kier alpha value is -1.14. The van der Waals surface area contributed by atoms with Gasteiger partial charge in [0.1, 0.15) is 11.6 Å². The smallest absolute Gasteiger partial charge is 0.212 e. The van der Waals surface area contributed by atoms with Crippen molar-refractivity contribution in [2.75, 3.05) is 27.4 Å². The summed E-state index contributed by atoms with van der Waals surface area (Å²) in [6.07, 6.45) is 1.42. The second-order valence-electron chi connectivity index (χ2n) is 5.69. The average molecular weight is 284 g/mol. The summed E-state index contributed by atoms with van der Waals surface area (Å²) < 4.78 is 16.1. The first-order valence-corrected chi connectivity index (χ1v) is 7.05. The van der Waals surface area contributed by atoms with Crippen LogP contribution in [0.5, 0.6) is 0 Å². The minimum absolute atomic E-state index is 0.167. The molecular formula is C14H24N2O4. The van der Waals surface area contributed by atoms with Crippen LogP contribution in [0.4, 0.5) is 0 Å². The van der Waals surface area contributed by atoms with Crippen molar-refractivity contribution in [2.45, 2.75) is 44.4 Å². The van der Waals surface area contributed by atoms with Crippen LogP contribution in [-0.4, -0.2) is 62.0 Å². The third-order valence-corrected chi connectivity index (χ3v) is 3.82. The van der Waals surface area contributed by atoms with Crippen molar-refractivity contribution in [3.63, 3.8) is 0 Å². The van der Waals surface area contributed by atoms with Gasteiger partial charge < -0.3 is 19.3 Å². The summed E-state index contributed by atoms with van der Waals surface area (Å²) in [5, 5.41) is 10.8. The van der Waals surface area contributed by atoms with Crippen LogP contribution in [0.1, 0.15) is 26.7 Å². The Morgan fingerprint density at radius 2 is 1.95 bits per heavy atom. The minimum Gasteiger partial charge on any atom is -0.483 e. The van der Waals surface area contributed by atoms with Gasteiger partial charge in [0.15, 0.2) is 6.04 Å². The maximum atomic E-state index is 10.8. The lowest BCUT2D eigenvalue weighted by Crippen LogP contribution is -2.55. The van der Waals surface area contributed by atoms with Crippen LogP contribution in [0.15, 0.2) is 9.98 Å². The lowest BCUT2D eigenvalue weighted by molar-refractivity contribution is -0.0909. The van der Waals surface area contributed by atoms with Crippen LogP contribution < -0.4 is 0 Å². The van der Waals surface area contributed by atoms with E-state index in [0.717, 1.165) is 6.42 Å². The van der Waals surface area contributed by atoms with Crippen molar-refractivity contribution in [1.29, 1.82) is 0 Å². The molecule has 6 heteroatoms. The molecule has 0 aromatic heterocycles. The summed E-state index contributed by atoms with van der Waals surface area (Å²) in [6, 6.07) is -0.725. The molecule has 0 unspecified atom stereocenters. The van der Waals surface area contributed by atoms with E-state index in [1.165, 1.54) is 0 Å². The van der Waals surface area contributed by atoms with Gasteiger partial charge in [-0.15, -0.1) is 0 Å². The van der Waals surface area contributed by atoms with Crippen LogP contribution in [0, 0.1) is 5.92 Å². The van der Waals surface area contributed by atoms with E-state index in [1.807, 2.05) is 0 Å². The molecule has 20 heavy (non-hydrogen) atoms. The zero-order valence-electron chi connectivity index (χ0n) is 12.6. The summed E-state index contributed by atoms with van der Waals surface area (Å²) in [6.45, 7) is 5.01. The quantitative estimate of drug-likeness (QED) is 0.822. The van der Waals surface area contributed by atoms with Gasteiger partial charge in [0, 0.05) is 6.61 Å². The Bertz CT molecular complexity index is 400. The SMILES string of the molecule is COC1=N[C@H](C(C)C)C(OC)=N[C@H]1[C@]1(O)CCCOC1. The summed E-state index contributed by atoms with van der Waals surface area (Å²) >= 11 is 0. The Balaban J connectivity index is 2.32. The van der Waals surface area contributed by atoms with Crippen molar-refractivity contribution in [1.82, 2.24) is 0 Å². The first-order valence-electron chi connectivity index (χ1n) is 7.05. The fourth-order valence-corrected chi connectivity index (χ4v) is 2.66. The summed E-state index contributed by atoms with van der Waals surface area (Å²) in [4.78, 5) is 9.14. The van der Waals surface area contributed by atoms with Gasteiger partial charge in [-0.05, 0) is 18.8 Å². The predicted molar refractivity (Wildman–Crippen MR) is 76.3 cm³/mol. The molecule has 114 valence electrons. The molecule has 0 amide bonds. The van der Waals surface area contributed by atoms with Crippen LogP contribution in [0.2, 0.25) is 0 Å². The van der Waals surface area contributed by atoms with Gasteiger partial charge in [-0.2, -0.15) is 0 Å². The van der Waals surface area contributed by atoms with E-state index < -0.39 is 11.6 Å². The molecule has 0 aromatic carbocycles. The van der Waals surface area contributed by atoms with E-state index in [9.17, 15) is 5.11 Å². The van der Waals surface area contributed by atoms with E-state index in [1.54, 1.807) is 14.2 Å². The second-order valence-corrected chi connectivity index (χ2v) is 5.69. The van der Waals surface area contributed by atoms with E-state index in [4.69, 9.17) is 14.2 Å². The number of aliphatic imine (C=N–C) groups is 2. The largest absolute Gasteiger partial charge is 0.483 e. The van der Waals surface area contributed by atoms with Gasteiger partial charge in [-0.25, -0.2) is 9.98 Å². The standard InChI is InChI=1S/C14H24N2O4/c1-9(2)10-12(18-3)16-11(13(15-10)19-4)14(17)6-5-7-20-8-14/h9-11,17H,5-8H2,1-4H3/t10-,11-,14+/m1/s1. The molecule has 0 spiro atoms. The molecule has 0 bridgehead atoms. The van der Waals surface area contributed by atoms with Crippen molar-refractivity contribution in [3.8, 4) is 0 Å². The monoisotopic (exact) mass is 284 g/mol. The molecule has 6 nitrogen and oxygen atoms in total. The van der Waals surface area contributed by atoms with Crippen molar-refractivity contribution >= 4 is 11.8 Å². The number of rotatable bonds is 2. The molecule has 0 aromatic rings. The normalized spacial score (nSPS) is 34.5. The predicted octanol–water partition coefficient (Wildman–Crippen LogP) is 1.02. The highest BCUT2D eigenvalue weighted by molar-refractivity contribution is 5.94. The van der Waals surface area contributed by atoms with Gasteiger partial charge in [-0.3, -0.25) is 0 Å². The van der Waals surface area contributed by atoms with Gasteiger partial charge in [0.05, 0.1) is 20.8 Å². The topological polar surface area (TPSA) is 72.6 Å². The van der Waals surface area contributed by atoms with Crippen LogP contribution in [-0.2, 0) is 14.2 Å². The second kappa shape index (κ2) is 6.10. The molecule has 2 rings (SSSR count). The molecule has 1 fully saturated rings. The van der Waals surface area contributed by atoms with Crippen molar-refractivity contribution < 1.29 is 19.3 Å². The van der Waals surface area contributed by atoms with Gasteiger partial charge in [0.2, 0.25) is 11.8 Å². The first kappa shape index (κ1) is 15.3. The van der Waals surface area contributed by atoms with Gasteiger partial charge in [0.25, 0.3) is 0 Å². The number of methoxy groups -OCH3 is 2. The fraction of sp³-hybridized carbons (Fsp3) is 0.857. The van der Waals surface area contributed by atoms with E-state index in [2.05, 4.69) is 23.8 Å². The van der Waals surface area contributed by atoms with E-state index >= 15 is 0 Å². The minimum atomic E-state index is -1.07. The maximum absolute atomic E-state index is 10.8. The summed E-state index contributed by atoms with van der Waals surface area (Å²) in [5.41, 5.74) is -1.07. The van der Waals surface area contributed by atoms with Crippen LogP contribution in [0.25, 0.3) is 0 Å². The molecule has 1 saturated heterocycles. The number of ether oxygens (including phenoxy) is 3. The summed E-state index contributed by atoms with van der Waals surface area (Å²) in [7, 11) is 3.14. The number of hydrogen-bond donors (Lipinski definition) is 1. The van der Waals surface area contributed by atoms with Crippen LogP contribution in [0.3, 0.4) is 0 Å². The lowest BCUT2D eigenvalue weighted by Gasteiger charge is -2.39. The molecular weight excluding hydrogens is 260 g/mol. The van der Waals surface area contributed by atoms with Gasteiger partial charge in [-0.1, -0.05) is 13.8 Å². The zero-order valence-corrected chi connectivity index (χ0v) is 12.6. The molecule has 1 N–H and O–H groups in total. The molecule has 0 saturated carbocycles. The highest BCUT2D eigenvalue weighted by atomic mass is 16.5. The highest BCUT2D eigenvalue weighted by Gasteiger charge is 2.46. The first-order chi connectivity index (χ1) is 9.51. The van der Waals surface area contributed by atoms with Crippen molar-refractivity contribution in [3.05, 3.63) is 0 Å². The fourth-order valence-electron chi connectivity index (χ4n) is 2.66. The third-order valence-electron chi connectivity index (χ3n) is 3.82. The zero-order chi connectivity index (χ0) is 14.8. The van der Waals surface area contributed by atoms with Crippen molar-refractivity contribution in [2.24, 2.45) is 15.9 Å². The lowest BCUT2D eigenvalue weighted by atomic mass is 9.87. The van der Waals surface area contributed by atoms with Gasteiger partial charge >= 0.3 is 0 Å². The maximum Gasteiger partial charge on any atom is 0.212 e. The Morgan fingerprint density at radius 3 is 2.45 bits per heavy atom. The number of nitrogens with zero attached hydrogens (tertiary/aromatic N) is 2. The average Bonchev–Trinajstić information content (AvgIpc) is 2.46. The number of hydrogen-bond acceptors (Lipinski definition) is 6. The molecule has 2 aliphatic rings. The Kier molecular flexibility index (Phi) is 4.65. The Morgan fingerprint density at radius 1 is 1.25 bits per heavy atom. The number of aliphatic hydroxyl groups is 1. The molecule has 2 heterocycles. The molecule has 2 aliphatic heterocycles. The third kappa shape index (κ3) is 2.81. The van der Waals surface area contributed by atoms with Crippen LogP contribution >= 0.6 is 0 Å². The Labute approximate surface area is 119 Å².